The Labute approximate surface area is 171 Å². The highest BCUT2D eigenvalue weighted by Crippen LogP contribution is 2.37. The molecule has 4 nitrogen and oxygen atoms in total. The lowest BCUT2D eigenvalue weighted by molar-refractivity contribution is 0.0762. The van der Waals surface area contributed by atoms with Gasteiger partial charge in [-0.1, -0.05) is 24.3 Å². The lowest BCUT2D eigenvalue weighted by Crippen LogP contribution is -2.28. The minimum Gasteiger partial charge on any atom is -0.496 e. The third-order valence-electron chi connectivity index (χ3n) is 5.86. The van der Waals surface area contributed by atoms with Crippen LogP contribution in [0.4, 0.5) is 0 Å². The van der Waals surface area contributed by atoms with Gasteiger partial charge in [0.15, 0.2) is 0 Å². The number of carbonyl (C=O) groups is 1. The predicted octanol–water partition coefficient (Wildman–Crippen LogP) is 4.61. The Morgan fingerprint density at radius 2 is 2.18 bits per heavy atom. The van der Waals surface area contributed by atoms with Gasteiger partial charge in [-0.25, -0.2) is 4.79 Å². The maximum Gasteiger partial charge on any atom is 0.350 e. The molecule has 1 aliphatic carbocycles. The summed E-state index contributed by atoms with van der Waals surface area (Å²) in [4.78, 5) is 14.2. The van der Waals surface area contributed by atoms with Gasteiger partial charge in [0, 0.05) is 13.1 Å². The van der Waals surface area contributed by atoms with Crippen LogP contribution in [0.1, 0.15) is 51.4 Å². The molecule has 0 fully saturated rings. The molecule has 148 valence electrons. The van der Waals surface area contributed by atoms with E-state index in [1.807, 2.05) is 6.07 Å². The van der Waals surface area contributed by atoms with Crippen molar-refractivity contribution < 1.29 is 13.7 Å². The molecule has 2 aromatic rings. The van der Waals surface area contributed by atoms with Crippen molar-refractivity contribution in [2.75, 3.05) is 27.2 Å². The molecule has 1 aliphatic heterocycles. The number of hydrogen-bond donors (Lipinski definition) is 0. The zero-order chi connectivity index (χ0) is 19.5. The molecular formula is C23H27NO3S. The maximum absolute atomic E-state index is 11.8. The van der Waals surface area contributed by atoms with E-state index in [0.29, 0.717) is 11.5 Å². The number of ether oxygens (including phenoxy) is 1. The van der Waals surface area contributed by atoms with Crippen molar-refractivity contribution in [2.45, 2.75) is 37.4 Å². The van der Waals surface area contributed by atoms with Gasteiger partial charge in [-0.15, -0.1) is 0 Å². The number of nitrogens with zero attached hydrogens (tertiary/aromatic N) is 1. The van der Waals surface area contributed by atoms with Crippen LogP contribution < -0.4 is 4.74 Å². The van der Waals surface area contributed by atoms with Crippen LogP contribution in [0.3, 0.4) is 0 Å². The summed E-state index contributed by atoms with van der Waals surface area (Å²) in [6.07, 6.45) is 4.57. The molecule has 0 radical (unpaired) electrons. The van der Waals surface area contributed by atoms with E-state index in [9.17, 15) is 4.79 Å². The maximum atomic E-state index is 11.8. The van der Waals surface area contributed by atoms with Crippen LogP contribution in [0.15, 0.2) is 36.4 Å². The second-order valence-corrected chi connectivity index (χ2v) is 8.44. The molecule has 1 atom stereocenters. The first-order chi connectivity index (χ1) is 13.7. The standard InChI is InChI=1S/C23H27NO3S/c1-24(12-11-16-9-10-20-18(13-16)15-28-27-23(20)25)14-17-5-3-7-21-19(17)6-4-8-22(21)26-2/h4,6,8-10,13,17H,3,5,7,11-12,14-15H2,1-2H3. The number of hydrogen-bond acceptors (Lipinski definition) is 5. The van der Waals surface area contributed by atoms with Crippen molar-refractivity contribution in [1.29, 1.82) is 0 Å². The largest absolute Gasteiger partial charge is 0.496 e. The van der Waals surface area contributed by atoms with Crippen LogP contribution >= 0.6 is 12.0 Å². The SMILES string of the molecule is COc1cccc2c1CCCC2CN(C)CCc1ccc2c(c1)CSOC2=O. The van der Waals surface area contributed by atoms with E-state index < -0.39 is 0 Å². The first-order valence-corrected chi connectivity index (χ1v) is 10.9. The van der Waals surface area contributed by atoms with E-state index in [0.717, 1.165) is 43.0 Å². The highest BCUT2D eigenvalue weighted by molar-refractivity contribution is 7.94. The second kappa shape index (κ2) is 8.58. The fourth-order valence-electron chi connectivity index (χ4n) is 4.39. The quantitative estimate of drug-likeness (QED) is 0.666. The molecule has 0 aromatic heterocycles. The van der Waals surface area contributed by atoms with Crippen molar-refractivity contribution in [3.63, 3.8) is 0 Å². The summed E-state index contributed by atoms with van der Waals surface area (Å²) >= 11 is 1.23. The molecule has 2 aliphatic rings. The molecule has 0 amide bonds. The highest BCUT2D eigenvalue weighted by Gasteiger charge is 2.24. The molecular weight excluding hydrogens is 370 g/mol. The Morgan fingerprint density at radius 3 is 3.04 bits per heavy atom. The number of benzene rings is 2. The number of fused-ring (bicyclic) bond motifs is 2. The van der Waals surface area contributed by atoms with Gasteiger partial charge in [-0.3, -0.25) is 0 Å². The molecule has 0 saturated heterocycles. The number of likely N-dealkylation sites (N-methyl/N-ethyl adjacent to an activating group) is 1. The number of carbonyl (C=O) groups excluding carboxylic acids is 1. The van der Waals surface area contributed by atoms with Crippen LogP contribution in [0.2, 0.25) is 0 Å². The van der Waals surface area contributed by atoms with Crippen molar-refractivity contribution >= 4 is 18.0 Å². The van der Waals surface area contributed by atoms with Crippen molar-refractivity contribution in [3.8, 4) is 5.75 Å². The van der Waals surface area contributed by atoms with Gasteiger partial charge >= 0.3 is 5.97 Å². The van der Waals surface area contributed by atoms with Crippen molar-refractivity contribution in [2.24, 2.45) is 0 Å². The minimum atomic E-state index is -0.221. The molecule has 1 unspecified atom stereocenters. The Bertz CT molecular complexity index is 867. The third-order valence-corrected chi connectivity index (χ3v) is 6.56. The highest BCUT2D eigenvalue weighted by atomic mass is 32.2. The molecule has 28 heavy (non-hydrogen) atoms. The summed E-state index contributed by atoms with van der Waals surface area (Å²) in [6, 6.07) is 12.6. The third kappa shape index (κ3) is 4.06. The van der Waals surface area contributed by atoms with Crippen molar-refractivity contribution in [1.82, 2.24) is 4.90 Å². The fraction of sp³-hybridized carbons (Fsp3) is 0.435. The summed E-state index contributed by atoms with van der Waals surface area (Å²) in [6.45, 7) is 2.07. The van der Waals surface area contributed by atoms with E-state index in [-0.39, 0.29) is 5.97 Å². The van der Waals surface area contributed by atoms with Gasteiger partial charge in [0.05, 0.1) is 30.5 Å². The van der Waals surface area contributed by atoms with Gasteiger partial charge in [0.2, 0.25) is 0 Å². The van der Waals surface area contributed by atoms with Crippen molar-refractivity contribution in [3.05, 3.63) is 64.2 Å². The summed E-state index contributed by atoms with van der Waals surface area (Å²) in [5.41, 5.74) is 5.94. The van der Waals surface area contributed by atoms with E-state index >= 15 is 0 Å². The smallest absolute Gasteiger partial charge is 0.350 e. The van der Waals surface area contributed by atoms with Gasteiger partial charge in [-0.05, 0) is 73.0 Å². The van der Waals surface area contributed by atoms with Gasteiger partial charge in [-0.2, -0.15) is 0 Å². The summed E-state index contributed by atoms with van der Waals surface area (Å²) in [5.74, 6) is 2.13. The molecule has 0 spiro atoms. The van der Waals surface area contributed by atoms with Gasteiger partial charge in [0.25, 0.3) is 0 Å². The molecule has 2 aromatic carbocycles. The Balaban J connectivity index is 1.38. The van der Waals surface area contributed by atoms with Crippen LogP contribution in [0, 0.1) is 0 Å². The molecule has 0 bridgehead atoms. The monoisotopic (exact) mass is 397 g/mol. The lowest BCUT2D eigenvalue weighted by atomic mass is 9.82. The lowest BCUT2D eigenvalue weighted by Gasteiger charge is -2.30. The zero-order valence-electron chi connectivity index (χ0n) is 16.6. The summed E-state index contributed by atoms with van der Waals surface area (Å²) < 4.78 is 10.6. The van der Waals surface area contributed by atoms with Crippen LogP contribution in [-0.4, -0.2) is 38.1 Å². The van der Waals surface area contributed by atoms with E-state index in [1.165, 1.54) is 41.6 Å². The first-order valence-electron chi connectivity index (χ1n) is 9.95. The molecule has 1 heterocycles. The van der Waals surface area contributed by atoms with Gasteiger partial charge < -0.3 is 13.8 Å². The molecule has 5 heteroatoms. The zero-order valence-corrected chi connectivity index (χ0v) is 17.4. The average molecular weight is 398 g/mol. The first kappa shape index (κ1) is 19.3. The molecule has 4 rings (SSSR count). The molecule has 0 N–H and O–H groups in total. The van der Waals surface area contributed by atoms with Gasteiger partial charge in [0.1, 0.15) is 5.75 Å². The summed E-state index contributed by atoms with van der Waals surface area (Å²) in [5, 5.41) is 0. The Hall–Kier alpha value is -1.98. The molecule has 0 saturated carbocycles. The average Bonchev–Trinajstić information content (AvgIpc) is 2.72. The Kier molecular flexibility index (Phi) is 5.93. The van der Waals surface area contributed by atoms with Crippen LogP contribution in [0.5, 0.6) is 5.75 Å². The predicted molar refractivity (Wildman–Crippen MR) is 113 cm³/mol. The number of rotatable bonds is 6. The van der Waals surface area contributed by atoms with Crippen LogP contribution in [-0.2, 0) is 22.8 Å². The minimum absolute atomic E-state index is 0.221. The van der Waals surface area contributed by atoms with E-state index in [2.05, 4.69) is 42.3 Å². The van der Waals surface area contributed by atoms with E-state index in [1.54, 1.807) is 7.11 Å². The summed E-state index contributed by atoms with van der Waals surface area (Å²) in [7, 11) is 3.97. The Morgan fingerprint density at radius 1 is 1.29 bits per heavy atom. The normalized spacial score (nSPS) is 18.4. The fourth-order valence-corrected chi connectivity index (χ4v) is 5.02. The second-order valence-electron chi connectivity index (χ2n) is 7.75. The number of methoxy groups -OCH3 is 1. The van der Waals surface area contributed by atoms with Crippen LogP contribution in [0.25, 0.3) is 0 Å². The van der Waals surface area contributed by atoms with E-state index in [4.69, 9.17) is 8.92 Å². The topological polar surface area (TPSA) is 38.8 Å².